The molecular weight excluding hydrogens is 468 g/mol. The Kier molecular flexibility index (Phi) is 11.0. The van der Waals surface area contributed by atoms with Crippen LogP contribution in [0.15, 0.2) is 24.3 Å². The van der Waals surface area contributed by atoms with Crippen LogP contribution in [0.1, 0.15) is 81.6 Å². The highest BCUT2D eigenvalue weighted by Crippen LogP contribution is 2.26. The van der Waals surface area contributed by atoms with Gasteiger partial charge < -0.3 is 25.2 Å². The molecule has 194 valence electrons. The molecule has 0 aliphatic rings. The highest BCUT2D eigenvalue weighted by atomic mass is 16.5. The third-order valence-electron chi connectivity index (χ3n) is 5.03. The zero-order valence-electron chi connectivity index (χ0n) is 21.7. The topological polar surface area (TPSA) is 148 Å². The first kappa shape index (κ1) is 30.0. The number of carbonyl (C=O) groups is 5. The molecule has 0 aromatic heterocycles. The molecule has 3 N–H and O–H groups in total. The molecule has 1 unspecified atom stereocenters. The maximum absolute atomic E-state index is 11.6. The van der Waals surface area contributed by atoms with Crippen molar-refractivity contribution >= 4 is 40.9 Å². The maximum Gasteiger partial charge on any atom is 0.339 e. The normalized spacial score (nSPS) is 10.8. The number of anilines is 2. The summed E-state index contributed by atoms with van der Waals surface area (Å²) in [5.74, 6) is -1.87. The second kappa shape index (κ2) is 13.1. The molecule has 0 heterocycles. The van der Waals surface area contributed by atoms with Gasteiger partial charge >= 0.3 is 11.9 Å². The first-order chi connectivity index (χ1) is 16.7. The van der Waals surface area contributed by atoms with Gasteiger partial charge in [-0.2, -0.15) is 0 Å². The van der Waals surface area contributed by atoms with Gasteiger partial charge in [0.1, 0.15) is 0 Å². The molecule has 2 rings (SSSR count). The average Bonchev–Trinajstić information content (AvgIpc) is 2.77. The van der Waals surface area contributed by atoms with E-state index >= 15 is 0 Å². The van der Waals surface area contributed by atoms with E-state index in [1.54, 1.807) is 32.9 Å². The number of rotatable bonds is 6. The van der Waals surface area contributed by atoms with Crippen LogP contribution in [0.4, 0.5) is 11.4 Å². The number of hydrogen-bond acceptors (Lipinski definition) is 8. The van der Waals surface area contributed by atoms with Crippen LogP contribution >= 0.6 is 0 Å². The van der Waals surface area contributed by atoms with E-state index in [0.29, 0.717) is 28.1 Å². The fourth-order valence-corrected chi connectivity index (χ4v) is 3.41. The molecule has 0 spiro atoms. The fourth-order valence-electron chi connectivity index (χ4n) is 3.41. The number of esters is 2. The van der Waals surface area contributed by atoms with E-state index in [9.17, 15) is 29.1 Å². The van der Waals surface area contributed by atoms with E-state index in [1.165, 1.54) is 47.1 Å². The van der Waals surface area contributed by atoms with Crippen molar-refractivity contribution in [2.75, 3.05) is 24.9 Å². The Morgan fingerprint density at radius 2 is 1.14 bits per heavy atom. The number of Topliss-reactive ketones (excluding diaryl/α,β-unsaturated/α-hetero) is 1. The lowest BCUT2D eigenvalue weighted by Crippen LogP contribution is -2.14. The van der Waals surface area contributed by atoms with Gasteiger partial charge in [0, 0.05) is 19.4 Å². The van der Waals surface area contributed by atoms with Crippen LogP contribution in [0.25, 0.3) is 0 Å². The van der Waals surface area contributed by atoms with E-state index in [-0.39, 0.29) is 28.7 Å². The van der Waals surface area contributed by atoms with Crippen molar-refractivity contribution in [1.82, 2.24) is 0 Å². The summed E-state index contributed by atoms with van der Waals surface area (Å²) in [4.78, 5) is 56.9. The molecule has 0 aliphatic carbocycles. The van der Waals surface area contributed by atoms with Gasteiger partial charge in [-0.25, -0.2) is 9.59 Å². The number of amides is 2. The summed E-state index contributed by atoms with van der Waals surface area (Å²) in [5, 5.41) is 14.7. The second-order valence-corrected chi connectivity index (χ2v) is 8.04. The van der Waals surface area contributed by atoms with Crippen LogP contribution in [0, 0.1) is 13.8 Å². The zero-order chi connectivity index (χ0) is 27.7. The Morgan fingerprint density at radius 3 is 1.50 bits per heavy atom. The number of ketones is 1. The number of nitrogens with one attached hydrogen (secondary N) is 2. The summed E-state index contributed by atoms with van der Waals surface area (Å²) < 4.78 is 9.29. The predicted molar refractivity (Wildman–Crippen MR) is 134 cm³/mol. The molecule has 0 fully saturated rings. The summed E-state index contributed by atoms with van der Waals surface area (Å²) >= 11 is 0. The molecule has 0 saturated heterocycles. The number of methoxy groups -OCH3 is 2. The van der Waals surface area contributed by atoms with Gasteiger partial charge in [0.05, 0.1) is 42.8 Å². The van der Waals surface area contributed by atoms with Gasteiger partial charge in [-0.1, -0.05) is 0 Å². The first-order valence-corrected chi connectivity index (χ1v) is 10.9. The molecule has 0 bridgehead atoms. The minimum Gasteiger partial charge on any atom is -0.465 e. The van der Waals surface area contributed by atoms with Crippen molar-refractivity contribution in [3.05, 3.63) is 57.6 Å². The van der Waals surface area contributed by atoms with Crippen LogP contribution in [0.2, 0.25) is 0 Å². The van der Waals surface area contributed by atoms with Gasteiger partial charge in [0.2, 0.25) is 11.8 Å². The van der Waals surface area contributed by atoms with Crippen molar-refractivity contribution in [2.24, 2.45) is 0 Å². The van der Waals surface area contributed by atoms with Gasteiger partial charge in [-0.05, 0) is 68.7 Å². The van der Waals surface area contributed by atoms with Crippen molar-refractivity contribution in [1.29, 1.82) is 0 Å². The minimum atomic E-state index is -0.695. The molecule has 1 atom stereocenters. The number of aryl methyl sites for hydroxylation is 2. The second-order valence-electron chi connectivity index (χ2n) is 8.04. The standard InChI is InChI=1S/C13H17NO4.C13H15NO4/c2*1-7-5-12(14-9(3)16)11(13(17)18-4)6-10(7)8(2)15/h5-6,8,15H,1-4H3,(H,14,16);5-6H,1-4H3,(H,14,16). The Balaban J connectivity index is 0.000000360. The number of carbonyl (C=O) groups excluding carboxylic acids is 5. The summed E-state index contributed by atoms with van der Waals surface area (Å²) in [6.07, 6.45) is -0.695. The summed E-state index contributed by atoms with van der Waals surface area (Å²) in [6.45, 7) is 9.27. The smallest absolute Gasteiger partial charge is 0.339 e. The number of aliphatic hydroxyl groups excluding tert-OH is 1. The van der Waals surface area contributed by atoms with Gasteiger partial charge in [0.15, 0.2) is 5.78 Å². The zero-order valence-corrected chi connectivity index (χ0v) is 21.7. The van der Waals surface area contributed by atoms with E-state index < -0.39 is 18.0 Å². The van der Waals surface area contributed by atoms with Gasteiger partial charge in [-0.3, -0.25) is 14.4 Å². The third kappa shape index (κ3) is 8.02. The predicted octanol–water partition coefficient (Wildman–Crippen LogP) is 3.74. The van der Waals surface area contributed by atoms with Gasteiger partial charge in [0.25, 0.3) is 0 Å². The molecule has 36 heavy (non-hydrogen) atoms. The van der Waals surface area contributed by atoms with Crippen LogP contribution < -0.4 is 10.6 Å². The molecule has 0 aliphatic heterocycles. The quantitative estimate of drug-likeness (QED) is 0.401. The molecule has 10 nitrogen and oxygen atoms in total. The molecule has 0 saturated carbocycles. The van der Waals surface area contributed by atoms with Crippen LogP contribution in [0.5, 0.6) is 0 Å². The Morgan fingerprint density at radius 1 is 0.722 bits per heavy atom. The molecular formula is C26H32N2O8. The summed E-state index contributed by atoms with van der Waals surface area (Å²) in [7, 11) is 2.51. The first-order valence-electron chi connectivity index (χ1n) is 10.9. The third-order valence-corrected chi connectivity index (χ3v) is 5.03. The largest absolute Gasteiger partial charge is 0.465 e. The van der Waals surface area contributed by atoms with Crippen LogP contribution in [-0.2, 0) is 19.1 Å². The van der Waals surface area contributed by atoms with Crippen molar-refractivity contribution in [2.45, 2.75) is 47.6 Å². The Hall–Kier alpha value is -4.05. The van der Waals surface area contributed by atoms with Crippen LogP contribution in [-0.4, -0.2) is 48.9 Å². The highest BCUT2D eigenvalue weighted by Gasteiger charge is 2.18. The van der Waals surface area contributed by atoms with Crippen molar-refractivity contribution in [3.63, 3.8) is 0 Å². The number of aliphatic hydroxyl groups is 1. The molecule has 2 amide bonds. The molecule has 2 aromatic rings. The summed E-state index contributed by atoms with van der Waals surface area (Å²) in [6, 6.07) is 6.21. The number of benzene rings is 2. The maximum atomic E-state index is 11.6. The lowest BCUT2D eigenvalue weighted by molar-refractivity contribution is -0.115. The SMILES string of the molecule is COC(=O)c1cc(C(C)=O)c(C)cc1NC(C)=O.COC(=O)c1cc(C(C)O)c(C)cc1NC(C)=O. The minimum absolute atomic E-state index is 0.146. The number of hydrogen-bond donors (Lipinski definition) is 3. The Labute approximate surface area is 210 Å². The van der Waals surface area contributed by atoms with E-state index in [0.717, 1.165) is 5.56 Å². The van der Waals surface area contributed by atoms with E-state index in [2.05, 4.69) is 20.1 Å². The molecule has 10 heteroatoms. The molecule has 0 radical (unpaired) electrons. The van der Waals surface area contributed by atoms with Gasteiger partial charge in [-0.15, -0.1) is 0 Å². The lowest BCUT2D eigenvalue weighted by Gasteiger charge is -2.15. The van der Waals surface area contributed by atoms with Crippen molar-refractivity contribution in [3.8, 4) is 0 Å². The average molecular weight is 501 g/mol. The van der Waals surface area contributed by atoms with Crippen LogP contribution in [0.3, 0.4) is 0 Å². The number of ether oxygens (including phenoxy) is 2. The highest BCUT2D eigenvalue weighted by molar-refractivity contribution is 6.05. The fraction of sp³-hybridized carbons (Fsp3) is 0.346. The lowest BCUT2D eigenvalue weighted by atomic mass is 9.99. The van der Waals surface area contributed by atoms with E-state index in [1.807, 2.05) is 0 Å². The van der Waals surface area contributed by atoms with Crippen molar-refractivity contribution < 1.29 is 38.6 Å². The Bertz CT molecular complexity index is 1180. The monoisotopic (exact) mass is 500 g/mol. The summed E-state index contributed by atoms with van der Waals surface area (Å²) in [5.41, 5.74) is 3.68. The molecule has 2 aromatic carbocycles. The van der Waals surface area contributed by atoms with E-state index in [4.69, 9.17) is 0 Å².